The minimum absolute atomic E-state index is 0.116. The number of anilines is 2. The second kappa shape index (κ2) is 9.45. The smallest absolute Gasteiger partial charge is 0.227 e. The van der Waals surface area contributed by atoms with Crippen LogP contribution >= 0.6 is 0 Å². The summed E-state index contributed by atoms with van der Waals surface area (Å²) in [6.45, 7) is 0. The summed E-state index contributed by atoms with van der Waals surface area (Å²) in [6, 6.07) is 11.7. The molecule has 0 heterocycles. The molecule has 4 bridgehead atoms. The van der Waals surface area contributed by atoms with Crippen LogP contribution in [0.2, 0.25) is 0 Å². The molecule has 36 heavy (non-hydrogen) atoms. The fourth-order valence-corrected chi connectivity index (χ4v) is 7.53. The van der Waals surface area contributed by atoms with E-state index >= 15 is 0 Å². The molecule has 4 fully saturated rings. The van der Waals surface area contributed by atoms with Crippen LogP contribution < -0.4 is 20.1 Å². The van der Waals surface area contributed by atoms with Crippen molar-refractivity contribution in [2.45, 2.75) is 51.4 Å². The van der Waals surface area contributed by atoms with Crippen LogP contribution in [-0.4, -0.2) is 26.0 Å². The molecule has 2 amide bonds. The summed E-state index contributed by atoms with van der Waals surface area (Å²) in [5, 5.41) is 6.24. The molecule has 4 aliphatic rings. The fraction of sp³-hybridized carbons (Fsp3) is 0.533. The van der Waals surface area contributed by atoms with Crippen molar-refractivity contribution in [2.24, 2.45) is 35.5 Å². The molecule has 6 rings (SSSR count). The number of rotatable bonds is 7. The quantitative estimate of drug-likeness (QED) is 0.492. The lowest BCUT2D eigenvalue weighted by molar-refractivity contribution is -0.122. The van der Waals surface area contributed by atoms with E-state index in [2.05, 4.69) is 10.6 Å². The van der Waals surface area contributed by atoms with Gasteiger partial charge in [0.1, 0.15) is 11.5 Å². The average molecular weight is 489 g/mol. The van der Waals surface area contributed by atoms with Gasteiger partial charge in [-0.1, -0.05) is 25.0 Å². The van der Waals surface area contributed by atoms with Crippen molar-refractivity contribution >= 4 is 23.2 Å². The molecule has 4 saturated carbocycles. The Balaban J connectivity index is 1.17. The average Bonchev–Trinajstić information content (AvgIpc) is 3.71. The number of fused-ring (bicyclic) bond motifs is 4. The Morgan fingerprint density at radius 1 is 0.667 bits per heavy atom. The zero-order valence-corrected chi connectivity index (χ0v) is 21.2. The van der Waals surface area contributed by atoms with Gasteiger partial charge in [0.2, 0.25) is 11.8 Å². The van der Waals surface area contributed by atoms with Crippen LogP contribution in [0.4, 0.5) is 11.4 Å². The first-order valence-electron chi connectivity index (χ1n) is 13.5. The Morgan fingerprint density at radius 3 is 1.44 bits per heavy atom. The second-order valence-corrected chi connectivity index (χ2v) is 11.4. The summed E-state index contributed by atoms with van der Waals surface area (Å²) in [4.78, 5) is 25.9. The van der Waals surface area contributed by atoms with Gasteiger partial charge in [-0.3, -0.25) is 9.59 Å². The van der Waals surface area contributed by atoms with E-state index in [4.69, 9.17) is 9.47 Å². The molecule has 0 spiro atoms. The first-order chi connectivity index (χ1) is 17.5. The molecular formula is C30H36N2O4. The van der Waals surface area contributed by atoms with Crippen LogP contribution in [0.3, 0.4) is 0 Å². The highest BCUT2D eigenvalue weighted by atomic mass is 16.5. The topological polar surface area (TPSA) is 76.7 Å². The van der Waals surface area contributed by atoms with Crippen LogP contribution in [0.5, 0.6) is 11.5 Å². The maximum atomic E-state index is 13.0. The maximum absolute atomic E-state index is 13.0. The number of carbonyl (C=O) groups is 2. The first-order valence-corrected chi connectivity index (χ1v) is 13.5. The molecule has 2 N–H and O–H groups in total. The number of hydrogen-bond donors (Lipinski definition) is 2. The van der Waals surface area contributed by atoms with E-state index in [1.807, 2.05) is 36.4 Å². The molecule has 4 aliphatic carbocycles. The summed E-state index contributed by atoms with van der Waals surface area (Å²) >= 11 is 0. The van der Waals surface area contributed by atoms with Gasteiger partial charge in [-0.15, -0.1) is 0 Å². The van der Waals surface area contributed by atoms with Gasteiger partial charge >= 0.3 is 0 Å². The molecule has 0 unspecified atom stereocenters. The number of nitrogens with one attached hydrogen (secondary N) is 2. The number of ether oxygens (including phenoxy) is 2. The van der Waals surface area contributed by atoms with Gasteiger partial charge in [0.05, 0.1) is 25.6 Å². The minimum atomic E-state index is 0.116. The van der Waals surface area contributed by atoms with Crippen LogP contribution in [0.1, 0.15) is 51.4 Å². The van der Waals surface area contributed by atoms with Gasteiger partial charge in [-0.2, -0.15) is 0 Å². The van der Waals surface area contributed by atoms with Crippen molar-refractivity contribution in [2.75, 3.05) is 24.9 Å². The third-order valence-corrected chi connectivity index (χ3v) is 9.40. The van der Waals surface area contributed by atoms with Gasteiger partial charge in [0.25, 0.3) is 0 Å². The number of amides is 2. The molecule has 0 saturated heterocycles. The molecule has 2 aromatic rings. The minimum Gasteiger partial charge on any atom is -0.495 e. The second-order valence-electron chi connectivity index (χ2n) is 11.4. The van der Waals surface area contributed by atoms with Gasteiger partial charge in [0.15, 0.2) is 0 Å². The van der Waals surface area contributed by atoms with Crippen molar-refractivity contribution in [1.29, 1.82) is 0 Å². The summed E-state index contributed by atoms with van der Waals surface area (Å²) in [5.74, 6) is 4.28. The Bertz CT molecular complexity index is 1090. The van der Waals surface area contributed by atoms with Crippen LogP contribution in [0, 0.1) is 35.5 Å². The van der Waals surface area contributed by atoms with Gasteiger partial charge < -0.3 is 20.1 Å². The highest BCUT2D eigenvalue weighted by Gasteiger charge is 2.44. The van der Waals surface area contributed by atoms with Crippen LogP contribution in [0.15, 0.2) is 36.4 Å². The predicted octanol–water partition coefficient (Wildman–Crippen LogP) is 6.12. The van der Waals surface area contributed by atoms with Crippen molar-refractivity contribution in [1.82, 2.24) is 0 Å². The van der Waals surface area contributed by atoms with Gasteiger partial charge in [-0.25, -0.2) is 0 Å². The lowest BCUT2D eigenvalue weighted by atomic mass is 9.88. The van der Waals surface area contributed by atoms with Crippen molar-refractivity contribution in [3.8, 4) is 22.6 Å². The van der Waals surface area contributed by atoms with E-state index in [9.17, 15) is 9.59 Å². The van der Waals surface area contributed by atoms with Gasteiger partial charge in [-0.05, 0) is 97.6 Å². The highest BCUT2D eigenvalue weighted by molar-refractivity contribution is 5.96. The molecule has 190 valence electrons. The Kier molecular flexibility index (Phi) is 6.14. The molecule has 6 atom stereocenters. The zero-order chi connectivity index (χ0) is 24.8. The summed E-state index contributed by atoms with van der Waals surface area (Å²) < 4.78 is 11.3. The first kappa shape index (κ1) is 23.4. The molecular weight excluding hydrogens is 452 g/mol. The fourth-order valence-electron chi connectivity index (χ4n) is 7.53. The molecule has 0 aromatic heterocycles. The molecule has 0 radical (unpaired) electrons. The largest absolute Gasteiger partial charge is 0.495 e. The van der Waals surface area contributed by atoms with Crippen molar-refractivity contribution < 1.29 is 19.1 Å². The number of methoxy groups -OCH3 is 2. The van der Waals surface area contributed by atoms with E-state index in [-0.39, 0.29) is 23.7 Å². The molecule has 6 nitrogen and oxygen atoms in total. The predicted molar refractivity (Wildman–Crippen MR) is 140 cm³/mol. The van der Waals surface area contributed by atoms with E-state index in [0.29, 0.717) is 34.7 Å². The standard InChI is InChI=1S/C30H36N2O4/c1-35-27-15-19(7-9-25(27)31-29(33)23-13-17-3-5-21(23)11-17)20-8-10-26(28(16-20)36-2)32-30(34)24-14-18-4-6-22(24)12-18/h7-10,15-18,21-24H,3-6,11-14H2,1-2H3,(H,31,33)(H,32,34)/t17-,18-,21-,22-,23-,24-/m0/s1. The third kappa shape index (κ3) is 4.25. The van der Waals surface area contributed by atoms with Crippen LogP contribution in [-0.2, 0) is 9.59 Å². The Labute approximate surface area is 213 Å². The highest BCUT2D eigenvalue weighted by Crippen LogP contribution is 2.50. The monoisotopic (exact) mass is 488 g/mol. The maximum Gasteiger partial charge on any atom is 0.227 e. The third-order valence-electron chi connectivity index (χ3n) is 9.40. The normalized spacial score (nSPS) is 29.8. The molecule has 0 aliphatic heterocycles. The zero-order valence-electron chi connectivity index (χ0n) is 21.2. The lowest BCUT2D eigenvalue weighted by Gasteiger charge is -2.22. The SMILES string of the molecule is COc1cc(-c2ccc(NC(=O)[C@H]3C[C@H]4CC[C@H]3C4)c(OC)c2)ccc1NC(=O)[C@H]1C[C@H]2CC[C@H]1C2. The van der Waals surface area contributed by atoms with Crippen molar-refractivity contribution in [3.05, 3.63) is 36.4 Å². The summed E-state index contributed by atoms with van der Waals surface area (Å²) in [6.07, 6.45) is 9.35. The van der Waals surface area contributed by atoms with E-state index in [1.165, 1.54) is 38.5 Å². The Hall–Kier alpha value is -3.02. The lowest BCUT2D eigenvalue weighted by Crippen LogP contribution is -2.27. The number of hydrogen-bond acceptors (Lipinski definition) is 4. The van der Waals surface area contributed by atoms with Gasteiger partial charge in [0, 0.05) is 11.8 Å². The van der Waals surface area contributed by atoms with Crippen molar-refractivity contribution in [3.63, 3.8) is 0 Å². The Morgan fingerprint density at radius 2 is 1.11 bits per heavy atom. The number of benzene rings is 2. The number of carbonyl (C=O) groups excluding carboxylic acids is 2. The summed E-state index contributed by atoms with van der Waals surface area (Å²) in [7, 11) is 3.25. The van der Waals surface area contributed by atoms with E-state index < -0.39 is 0 Å². The van der Waals surface area contributed by atoms with Crippen LogP contribution in [0.25, 0.3) is 11.1 Å². The summed E-state index contributed by atoms with van der Waals surface area (Å²) in [5.41, 5.74) is 3.31. The molecule has 6 heteroatoms. The van der Waals surface area contributed by atoms with E-state index in [1.54, 1.807) is 14.2 Å². The van der Waals surface area contributed by atoms with E-state index in [0.717, 1.165) is 35.8 Å². The molecule has 2 aromatic carbocycles.